The smallest absolute Gasteiger partial charge is 0.225 e. The van der Waals surface area contributed by atoms with Gasteiger partial charge in [0.15, 0.2) is 0 Å². The Kier molecular flexibility index (Phi) is 4.65. The normalized spacial score (nSPS) is 34.8. The quantitative estimate of drug-likeness (QED) is 0.857. The third-order valence-corrected chi connectivity index (χ3v) is 5.49. The third-order valence-electron chi connectivity index (χ3n) is 5.49. The zero-order chi connectivity index (χ0) is 13.9. The van der Waals surface area contributed by atoms with E-state index in [9.17, 15) is 4.79 Å². The van der Waals surface area contributed by atoms with Gasteiger partial charge in [-0.25, -0.2) is 0 Å². The molecule has 1 N–H and O–H groups in total. The first-order chi connectivity index (χ1) is 9.74. The van der Waals surface area contributed by atoms with Gasteiger partial charge in [0.1, 0.15) is 0 Å². The predicted molar refractivity (Wildman–Crippen MR) is 81.5 cm³/mol. The van der Waals surface area contributed by atoms with Crippen molar-refractivity contribution in [3.05, 3.63) is 0 Å². The van der Waals surface area contributed by atoms with Gasteiger partial charge in [-0.3, -0.25) is 4.79 Å². The van der Waals surface area contributed by atoms with Gasteiger partial charge >= 0.3 is 0 Å². The Morgan fingerprint density at radius 1 is 1.10 bits per heavy atom. The Labute approximate surface area is 123 Å². The molecule has 0 aromatic rings. The Morgan fingerprint density at radius 2 is 1.85 bits per heavy atom. The summed E-state index contributed by atoms with van der Waals surface area (Å²) in [6, 6.07) is 0.587. The third kappa shape index (κ3) is 3.55. The lowest BCUT2D eigenvalue weighted by Gasteiger charge is -2.34. The second kappa shape index (κ2) is 6.46. The van der Waals surface area contributed by atoms with Crippen molar-refractivity contribution < 1.29 is 4.79 Å². The number of rotatable bonds is 4. The maximum absolute atomic E-state index is 12.9. The molecule has 3 rings (SSSR count). The average Bonchev–Trinajstić information content (AvgIpc) is 3.30. The number of carbonyl (C=O) groups excluding carboxylic acids is 1. The largest absolute Gasteiger partial charge is 0.339 e. The number of nitrogens with one attached hydrogen (secondary N) is 1. The van der Waals surface area contributed by atoms with Crippen LogP contribution in [0.5, 0.6) is 0 Å². The van der Waals surface area contributed by atoms with E-state index in [0.717, 1.165) is 38.4 Å². The zero-order valence-corrected chi connectivity index (χ0v) is 12.9. The highest BCUT2D eigenvalue weighted by molar-refractivity contribution is 5.79. The molecule has 3 heteroatoms. The SMILES string of the molecule is CC1CCC(C(=O)N(CC2CCCNC2)C2CC2)CC1. The minimum absolute atomic E-state index is 0.336. The first-order valence-electron chi connectivity index (χ1n) is 8.75. The van der Waals surface area contributed by atoms with Gasteiger partial charge in [-0.15, -0.1) is 0 Å². The lowest BCUT2D eigenvalue weighted by atomic mass is 9.82. The van der Waals surface area contributed by atoms with Crippen molar-refractivity contribution >= 4 is 5.91 Å². The summed E-state index contributed by atoms with van der Waals surface area (Å²) in [4.78, 5) is 15.1. The Bertz CT molecular complexity index is 326. The molecular formula is C17H30N2O. The summed E-state index contributed by atoms with van der Waals surface area (Å²) in [5, 5.41) is 3.49. The first-order valence-corrected chi connectivity index (χ1v) is 8.75. The number of amides is 1. The van der Waals surface area contributed by atoms with E-state index in [1.807, 2.05) is 0 Å². The molecule has 1 amide bonds. The van der Waals surface area contributed by atoms with E-state index in [2.05, 4.69) is 17.1 Å². The zero-order valence-electron chi connectivity index (χ0n) is 12.9. The van der Waals surface area contributed by atoms with E-state index in [1.54, 1.807) is 0 Å². The van der Waals surface area contributed by atoms with Crippen LogP contribution >= 0.6 is 0 Å². The van der Waals surface area contributed by atoms with E-state index in [0.29, 0.717) is 23.8 Å². The molecule has 3 fully saturated rings. The molecular weight excluding hydrogens is 248 g/mol. The molecule has 1 atom stereocenters. The summed E-state index contributed by atoms with van der Waals surface area (Å²) in [6.45, 7) is 5.61. The molecule has 1 aliphatic heterocycles. The van der Waals surface area contributed by atoms with Gasteiger partial charge in [-0.1, -0.05) is 6.92 Å². The van der Waals surface area contributed by atoms with E-state index in [-0.39, 0.29) is 0 Å². The van der Waals surface area contributed by atoms with Crippen LogP contribution in [0.15, 0.2) is 0 Å². The fourth-order valence-electron chi connectivity index (χ4n) is 3.90. The summed E-state index contributed by atoms with van der Waals surface area (Å²) in [5.41, 5.74) is 0. The van der Waals surface area contributed by atoms with Gasteiger partial charge in [-0.05, 0) is 76.3 Å². The van der Waals surface area contributed by atoms with E-state index in [1.165, 1.54) is 38.5 Å². The lowest BCUT2D eigenvalue weighted by Crippen LogP contribution is -2.45. The van der Waals surface area contributed by atoms with Crippen molar-refractivity contribution in [2.45, 2.75) is 64.3 Å². The average molecular weight is 278 g/mol. The van der Waals surface area contributed by atoms with Crippen molar-refractivity contribution in [1.82, 2.24) is 10.2 Å². The minimum atomic E-state index is 0.336. The summed E-state index contributed by atoms with van der Waals surface area (Å²) >= 11 is 0. The van der Waals surface area contributed by atoms with Crippen molar-refractivity contribution in [2.75, 3.05) is 19.6 Å². The van der Waals surface area contributed by atoms with Crippen LogP contribution in [0, 0.1) is 17.8 Å². The Balaban J connectivity index is 1.56. The highest BCUT2D eigenvalue weighted by Crippen LogP contribution is 2.34. The molecule has 0 aromatic carbocycles. The molecule has 0 radical (unpaired) electrons. The van der Waals surface area contributed by atoms with Crippen LogP contribution in [0.4, 0.5) is 0 Å². The predicted octanol–water partition coefficient (Wildman–Crippen LogP) is 2.80. The van der Waals surface area contributed by atoms with Crippen LogP contribution in [-0.2, 0) is 4.79 Å². The second-order valence-electron chi connectivity index (χ2n) is 7.39. The molecule has 114 valence electrons. The van der Waals surface area contributed by atoms with Crippen LogP contribution in [0.3, 0.4) is 0 Å². The van der Waals surface area contributed by atoms with Crippen molar-refractivity contribution in [2.24, 2.45) is 17.8 Å². The first kappa shape index (κ1) is 14.4. The topological polar surface area (TPSA) is 32.3 Å². The Morgan fingerprint density at radius 3 is 2.45 bits per heavy atom. The summed E-state index contributed by atoms with van der Waals surface area (Å²) in [7, 11) is 0. The fourth-order valence-corrected chi connectivity index (χ4v) is 3.90. The molecule has 2 aliphatic carbocycles. The summed E-state index contributed by atoms with van der Waals surface area (Å²) < 4.78 is 0. The van der Waals surface area contributed by atoms with E-state index in [4.69, 9.17) is 0 Å². The molecule has 3 aliphatic rings. The number of hydrogen-bond acceptors (Lipinski definition) is 2. The number of piperidine rings is 1. The van der Waals surface area contributed by atoms with Gasteiger partial charge in [0.25, 0.3) is 0 Å². The molecule has 0 bridgehead atoms. The van der Waals surface area contributed by atoms with Crippen LogP contribution in [-0.4, -0.2) is 36.5 Å². The van der Waals surface area contributed by atoms with Gasteiger partial charge in [0, 0.05) is 18.5 Å². The van der Waals surface area contributed by atoms with Gasteiger partial charge < -0.3 is 10.2 Å². The van der Waals surface area contributed by atoms with E-state index < -0.39 is 0 Å². The summed E-state index contributed by atoms with van der Waals surface area (Å²) in [6.07, 6.45) is 9.82. The molecule has 0 spiro atoms. The standard InChI is InChI=1S/C17H30N2O/c1-13-4-6-15(7-5-13)17(20)19(16-8-9-16)12-14-3-2-10-18-11-14/h13-16,18H,2-12H2,1H3. The molecule has 1 heterocycles. The Hall–Kier alpha value is -0.570. The van der Waals surface area contributed by atoms with Crippen LogP contribution in [0.1, 0.15) is 58.3 Å². The maximum atomic E-state index is 12.9. The van der Waals surface area contributed by atoms with Gasteiger partial charge in [0.2, 0.25) is 5.91 Å². The summed E-state index contributed by atoms with van der Waals surface area (Å²) in [5.74, 6) is 2.35. The van der Waals surface area contributed by atoms with Crippen LogP contribution < -0.4 is 5.32 Å². The molecule has 1 unspecified atom stereocenters. The van der Waals surface area contributed by atoms with Crippen LogP contribution in [0.2, 0.25) is 0 Å². The molecule has 0 aromatic heterocycles. The van der Waals surface area contributed by atoms with Crippen molar-refractivity contribution in [3.8, 4) is 0 Å². The number of hydrogen-bond donors (Lipinski definition) is 1. The number of nitrogens with zero attached hydrogens (tertiary/aromatic N) is 1. The minimum Gasteiger partial charge on any atom is -0.339 e. The van der Waals surface area contributed by atoms with Gasteiger partial charge in [0.05, 0.1) is 0 Å². The molecule has 20 heavy (non-hydrogen) atoms. The highest BCUT2D eigenvalue weighted by atomic mass is 16.2. The fraction of sp³-hybridized carbons (Fsp3) is 0.941. The van der Waals surface area contributed by atoms with Crippen molar-refractivity contribution in [1.29, 1.82) is 0 Å². The van der Waals surface area contributed by atoms with Crippen molar-refractivity contribution in [3.63, 3.8) is 0 Å². The molecule has 1 saturated heterocycles. The van der Waals surface area contributed by atoms with Crippen LogP contribution in [0.25, 0.3) is 0 Å². The lowest BCUT2D eigenvalue weighted by molar-refractivity contribution is -0.138. The molecule has 2 saturated carbocycles. The monoisotopic (exact) mass is 278 g/mol. The van der Waals surface area contributed by atoms with E-state index >= 15 is 0 Å². The second-order valence-corrected chi connectivity index (χ2v) is 7.39. The molecule has 3 nitrogen and oxygen atoms in total. The maximum Gasteiger partial charge on any atom is 0.225 e. The number of carbonyl (C=O) groups is 1. The van der Waals surface area contributed by atoms with Gasteiger partial charge in [-0.2, -0.15) is 0 Å². The highest BCUT2D eigenvalue weighted by Gasteiger charge is 2.37.